The Kier molecular flexibility index (Phi) is 6.74. The molecule has 6 heteroatoms. The number of likely N-dealkylation sites (N-methyl/N-ethyl adjacent to an activating group) is 1. The van der Waals surface area contributed by atoms with Crippen LogP contribution in [0.4, 0.5) is 0 Å². The quantitative estimate of drug-likeness (QED) is 0.705. The Morgan fingerprint density at radius 2 is 2.04 bits per heavy atom. The summed E-state index contributed by atoms with van der Waals surface area (Å²) in [5.74, 6) is 0.834. The Morgan fingerprint density at radius 1 is 1.30 bits per heavy atom. The van der Waals surface area contributed by atoms with Crippen molar-refractivity contribution in [2.45, 2.75) is 40.2 Å². The second kappa shape index (κ2) is 8.57. The van der Waals surface area contributed by atoms with Crippen LogP contribution < -0.4 is 5.56 Å². The van der Waals surface area contributed by atoms with Crippen molar-refractivity contribution >= 4 is 21.6 Å². The van der Waals surface area contributed by atoms with Crippen LogP contribution >= 0.6 is 11.3 Å². The fraction of sp³-hybridized carbons (Fsp3) is 0.647. The molecule has 0 spiro atoms. The zero-order valence-electron chi connectivity index (χ0n) is 14.6. The lowest BCUT2D eigenvalue weighted by molar-refractivity contribution is 0.198. The van der Waals surface area contributed by atoms with Gasteiger partial charge in [0.2, 0.25) is 0 Å². The monoisotopic (exact) mass is 337 g/mol. The minimum Gasteiger partial charge on any atom is -0.384 e. The molecule has 0 fully saturated rings. The molecule has 0 saturated carbocycles. The van der Waals surface area contributed by atoms with Gasteiger partial charge >= 0.3 is 0 Å². The molecule has 0 aliphatic heterocycles. The molecule has 0 bridgehead atoms. The number of rotatable bonds is 9. The van der Waals surface area contributed by atoms with E-state index in [4.69, 9.17) is 9.72 Å². The van der Waals surface area contributed by atoms with Crippen LogP contribution in [0.15, 0.2) is 10.9 Å². The van der Waals surface area contributed by atoms with E-state index in [0.29, 0.717) is 19.6 Å². The number of thiophene rings is 1. The van der Waals surface area contributed by atoms with Crippen LogP contribution in [0.2, 0.25) is 0 Å². The zero-order chi connectivity index (χ0) is 16.8. The molecule has 0 aromatic carbocycles. The fourth-order valence-electron chi connectivity index (χ4n) is 2.68. The molecule has 0 aliphatic rings. The van der Waals surface area contributed by atoms with Gasteiger partial charge in [-0.3, -0.25) is 9.36 Å². The van der Waals surface area contributed by atoms with Gasteiger partial charge in [0, 0.05) is 31.5 Å². The molecule has 2 heterocycles. The van der Waals surface area contributed by atoms with Gasteiger partial charge in [-0.15, -0.1) is 11.3 Å². The summed E-state index contributed by atoms with van der Waals surface area (Å²) in [5.41, 5.74) is 0.0872. The summed E-state index contributed by atoms with van der Waals surface area (Å²) < 4.78 is 7.02. The normalized spacial score (nSPS) is 11.7. The maximum atomic E-state index is 12.9. The van der Waals surface area contributed by atoms with Crippen molar-refractivity contribution in [3.63, 3.8) is 0 Å². The first-order valence-corrected chi connectivity index (χ1v) is 9.19. The second-order valence-corrected chi connectivity index (χ2v) is 6.65. The summed E-state index contributed by atoms with van der Waals surface area (Å²) in [5, 5.41) is 0.757. The van der Waals surface area contributed by atoms with E-state index in [-0.39, 0.29) is 5.56 Å². The summed E-state index contributed by atoms with van der Waals surface area (Å²) in [6, 6.07) is 2.00. The van der Waals surface area contributed by atoms with Crippen LogP contribution in [0.5, 0.6) is 0 Å². The smallest absolute Gasteiger partial charge is 0.262 e. The number of hydrogen-bond donors (Lipinski definition) is 0. The van der Waals surface area contributed by atoms with Gasteiger partial charge in [0.25, 0.3) is 5.56 Å². The minimum atomic E-state index is 0.0872. The van der Waals surface area contributed by atoms with E-state index in [9.17, 15) is 4.79 Å². The van der Waals surface area contributed by atoms with Crippen molar-refractivity contribution in [1.29, 1.82) is 0 Å². The molecular formula is C17H27N3O2S. The molecule has 0 N–H and O–H groups in total. The molecule has 0 radical (unpaired) electrons. The second-order valence-electron chi connectivity index (χ2n) is 5.54. The summed E-state index contributed by atoms with van der Waals surface area (Å²) in [7, 11) is 1.68. The third-order valence-corrected chi connectivity index (χ3v) is 5.37. The number of ether oxygens (including phenoxy) is 1. The maximum Gasteiger partial charge on any atom is 0.262 e. The van der Waals surface area contributed by atoms with Crippen molar-refractivity contribution in [2.24, 2.45) is 0 Å². The number of aromatic nitrogens is 2. The van der Waals surface area contributed by atoms with Gasteiger partial charge in [0.1, 0.15) is 10.7 Å². The predicted molar refractivity (Wildman–Crippen MR) is 96.6 cm³/mol. The average molecular weight is 337 g/mol. The summed E-state index contributed by atoms with van der Waals surface area (Å²) in [6.45, 7) is 10.5. The lowest BCUT2D eigenvalue weighted by Crippen LogP contribution is -2.33. The largest absolute Gasteiger partial charge is 0.384 e. The maximum absolute atomic E-state index is 12.9. The minimum absolute atomic E-state index is 0.0872. The highest BCUT2D eigenvalue weighted by atomic mass is 32.1. The molecule has 0 aliphatic carbocycles. The van der Waals surface area contributed by atoms with Gasteiger partial charge < -0.3 is 9.64 Å². The Hall–Kier alpha value is -1.24. The molecular weight excluding hydrogens is 310 g/mol. The molecule has 2 rings (SSSR count). The van der Waals surface area contributed by atoms with Gasteiger partial charge in [-0.1, -0.05) is 20.8 Å². The third-order valence-electron chi connectivity index (χ3n) is 4.19. The summed E-state index contributed by atoms with van der Waals surface area (Å²) in [4.78, 5) is 22.0. The van der Waals surface area contributed by atoms with Crippen LogP contribution in [-0.4, -0.2) is 47.8 Å². The van der Waals surface area contributed by atoms with Crippen LogP contribution in [-0.2, 0) is 24.1 Å². The van der Waals surface area contributed by atoms with E-state index in [1.807, 2.05) is 10.6 Å². The standard InChI is InChI=1S/C17H27N3O2S/c1-5-13-12-14-16(23-13)18-15(8-11-22-4)20(17(14)21)10-9-19(6-2)7-3/h12H,5-11H2,1-4H3. The lowest BCUT2D eigenvalue weighted by Gasteiger charge is -2.20. The number of nitrogens with zero attached hydrogens (tertiary/aromatic N) is 3. The average Bonchev–Trinajstić information content (AvgIpc) is 2.99. The van der Waals surface area contributed by atoms with Gasteiger partial charge in [-0.05, 0) is 25.6 Å². The van der Waals surface area contributed by atoms with E-state index in [0.717, 1.165) is 42.1 Å². The van der Waals surface area contributed by atoms with Crippen molar-refractivity contribution in [1.82, 2.24) is 14.5 Å². The summed E-state index contributed by atoms with van der Waals surface area (Å²) in [6.07, 6.45) is 1.60. The van der Waals surface area contributed by atoms with Crippen molar-refractivity contribution in [3.05, 3.63) is 27.1 Å². The highest BCUT2D eigenvalue weighted by Crippen LogP contribution is 2.22. The van der Waals surface area contributed by atoms with Gasteiger partial charge in [0.05, 0.1) is 12.0 Å². The highest BCUT2D eigenvalue weighted by molar-refractivity contribution is 7.18. The molecule has 128 valence electrons. The Morgan fingerprint density at radius 3 is 2.65 bits per heavy atom. The molecule has 2 aromatic rings. The van der Waals surface area contributed by atoms with Crippen LogP contribution in [0.25, 0.3) is 10.2 Å². The predicted octanol–water partition coefficient (Wildman–Crippen LogP) is 2.55. The number of aryl methyl sites for hydroxylation is 1. The molecule has 0 amide bonds. The SMILES string of the molecule is CCc1cc2c(=O)n(CCN(CC)CC)c(CCOC)nc2s1. The molecule has 0 saturated heterocycles. The number of hydrogen-bond acceptors (Lipinski definition) is 5. The first-order valence-electron chi connectivity index (χ1n) is 8.37. The molecule has 5 nitrogen and oxygen atoms in total. The van der Waals surface area contributed by atoms with Gasteiger partial charge in [-0.2, -0.15) is 0 Å². The zero-order valence-corrected chi connectivity index (χ0v) is 15.4. The van der Waals surface area contributed by atoms with Crippen molar-refractivity contribution in [3.8, 4) is 0 Å². The van der Waals surface area contributed by atoms with Crippen LogP contribution in [0.1, 0.15) is 31.5 Å². The van der Waals surface area contributed by atoms with E-state index in [1.54, 1.807) is 18.4 Å². The Bertz CT molecular complexity index is 689. The first-order chi connectivity index (χ1) is 11.1. The van der Waals surface area contributed by atoms with Crippen molar-refractivity contribution < 1.29 is 4.74 Å². The molecule has 2 aromatic heterocycles. The Balaban J connectivity index is 2.41. The Labute approximate surface area is 141 Å². The van der Waals surface area contributed by atoms with Crippen molar-refractivity contribution in [2.75, 3.05) is 33.4 Å². The number of fused-ring (bicyclic) bond motifs is 1. The molecule has 23 heavy (non-hydrogen) atoms. The van der Waals surface area contributed by atoms with E-state index >= 15 is 0 Å². The van der Waals surface area contributed by atoms with Crippen LogP contribution in [0, 0.1) is 0 Å². The first kappa shape index (κ1) is 18.1. The van der Waals surface area contributed by atoms with Gasteiger partial charge in [-0.25, -0.2) is 4.98 Å². The molecule has 0 atom stereocenters. The van der Waals surface area contributed by atoms with Gasteiger partial charge in [0.15, 0.2) is 0 Å². The highest BCUT2D eigenvalue weighted by Gasteiger charge is 2.14. The van der Waals surface area contributed by atoms with E-state index < -0.39 is 0 Å². The van der Waals surface area contributed by atoms with E-state index in [1.165, 1.54) is 4.88 Å². The van der Waals surface area contributed by atoms with Crippen LogP contribution in [0.3, 0.4) is 0 Å². The fourth-order valence-corrected chi connectivity index (χ4v) is 3.65. The third kappa shape index (κ3) is 4.19. The number of methoxy groups -OCH3 is 1. The van der Waals surface area contributed by atoms with E-state index in [2.05, 4.69) is 25.7 Å². The topological polar surface area (TPSA) is 47.4 Å². The lowest BCUT2D eigenvalue weighted by atomic mass is 10.3. The summed E-state index contributed by atoms with van der Waals surface area (Å²) >= 11 is 1.63. The molecule has 0 unspecified atom stereocenters.